The molecule has 4 rings (SSSR count). The molecular formula is C26H31N5O5. The van der Waals surface area contributed by atoms with Crippen molar-refractivity contribution < 1.29 is 24.3 Å². The van der Waals surface area contributed by atoms with Gasteiger partial charge in [-0.1, -0.05) is 60.7 Å². The molecule has 10 nitrogen and oxygen atoms in total. The van der Waals surface area contributed by atoms with E-state index in [4.69, 9.17) is 0 Å². The third-order valence-corrected chi connectivity index (χ3v) is 6.76. The second-order valence-corrected chi connectivity index (χ2v) is 9.11. The molecule has 190 valence electrons. The Bertz CT molecular complexity index is 1110. The summed E-state index contributed by atoms with van der Waals surface area (Å²) in [5.74, 6) is -1.68. The molecule has 2 aliphatic heterocycles. The van der Waals surface area contributed by atoms with Crippen LogP contribution in [0.1, 0.15) is 36.9 Å². The lowest BCUT2D eigenvalue weighted by Crippen LogP contribution is -2.76. The highest BCUT2D eigenvalue weighted by molar-refractivity contribution is 5.92. The average molecular weight is 494 g/mol. The van der Waals surface area contributed by atoms with Crippen molar-refractivity contribution in [2.45, 2.75) is 44.6 Å². The lowest BCUT2D eigenvalue weighted by Gasteiger charge is -2.55. The lowest BCUT2D eigenvalue weighted by atomic mass is 9.98. The third kappa shape index (κ3) is 5.18. The fourth-order valence-corrected chi connectivity index (χ4v) is 4.92. The van der Waals surface area contributed by atoms with E-state index in [2.05, 4.69) is 5.32 Å². The number of hydrogen-bond donors (Lipinski definition) is 2. The zero-order valence-electron chi connectivity index (χ0n) is 20.4. The minimum absolute atomic E-state index is 0.0302. The molecule has 3 atom stereocenters. The van der Waals surface area contributed by atoms with Gasteiger partial charge in [0.1, 0.15) is 12.2 Å². The number of carbonyl (C=O) groups excluding carboxylic acids is 3. The number of likely N-dealkylation sites (N-methyl/N-ethyl adjacent to an activating group) is 1. The Morgan fingerprint density at radius 2 is 1.69 bits per heavy atom. The van der Waals surface area contributed by atoms with E-state index >= 15 is 0 Å². The molecule has 2 heterocycles. The number of fused-ring (bicyclic) bond motifs is 1. The van der Waals surface area contributed by atoms with E-state index in [1.165, 1.54) is 9.91 Å². The van der Waals surface area contributed by atoms with Crippen LogP contribution in [0.3, 0.4) is 0 Å². The van der Waals surface area contributed by atoms with E-state index in [-0.39, 0.29) is 43.8 Å². The molecule has 0 unspecified atom stereocenters. The van der Waals surface area contributed by atoms with Gasteiger partial charge in [0.05, 0.1) is 19.1 Å². The lowest BCUT2D eigenvalue weighted by molar-refractivity contribution is -0.189. The van der Waals surface area contributed by atoms with Gasteiger partial charge in [-0.15, -0.1) is 0 Å². The summed E-state index contributed by atoms with van der Waals surface area (Å²) in [5.41, 5.74) is 1.84. The summed E-state index contributed by atoms with van der Waals surface area (Å²) in [6.45, 7) is 2.20. The number of aliphatic carboxylic acids is 1. The molecule has 0 spiro atoms. The molecule has 2 N–H and O–H groups in total. The van der Waals surface area contributed by atoms with Crippen LogP contribution >= 0.6 is 0 Å². The second-order valence-electron chi connectivity index (χ2n) is 9.11. The highest BCUT2D eigenvalue weighted by Gasteiger charge is 2.51. The highest BCUT2D eigenvalue weighted by Crippen LogP contribution is 2.32. The fraction of sp³-hybridized carbons (Fsp3) is 0.385. The van der Waals surface area contributed by atoms with Crippen LogP contribution in [0.25, 0.3) is 0 Å². The van der Waals surface area contributed by atoms with Gasteiger partial charge in [-0.25, -0.2) is 14.8 Å². The summed E-state index contributed by atoms with van der Waals surface area (Å²) in [7, 11) is 1.66. The van der Waals surface area contributed by atoms with Crippen molar-refractivity contribution in [1.82, 2.24) is 25.1 Å². The Hall–Kier alpha value is -3.92. The van der Waals surface area contributed by atoms with Gasteiger partial charge in [-0.05, 0) is 24.5 Å². The van der Waals surface area contributed by atoms with Crippen LogP contribution in [0.5, 0.6) is 0 Å². The van der Waals surface area contributed by atoms with Gasteiger partial charge in [0.25, 0.3) is 0 Å². The molecule has 2 aliphatic rings. The van der Waals surface area contributed by atoms with Crippen molar-refractivity contribution in [1.29, 1.82) is 0 Å². The van der Waals surface area contributed by atoms with Crippen molar-refractivity contribution in [2.24, 2.45) is 0 Å². The number of carbonyl (C=O) groups is 4. The highest BCUT2D eigenvalue weighted by atomic mass is 16.4. The van der Waals surface area contributed by atoms with Gasteiger partial charge in [-0.3, -0.25) is 14.4 Å². The first-order valence-electron chi connectivity index (χ1n) is 12.0. The summed E-state index contributed by atoms with van der Waals surface area (Å²) in [6, 6.07) is 17.3. The van der Waals surface area contributed by atoms with Crippen molar-refractivity contribution >= 4 is 23.8 Å². The molecule has 2 saturated heterocycles. The summed E-state index contributed by atoms with van der Waals surface area (Å²) in [5, 5.41) is 15.2. The Kier molecular flexibility index (Phi) is 7.54. The number of nitrogens with zero attached hydrogens (tertiary/aromatic N) is 4. The average Bonchev–Trinajstić information content (AvgIpc) is 2.87. The third-order valence-electron chi connectivity index (χ3n) is 6.76. The molecule has 2 aromatic carbocycles. The number of hydrazine groups is 1. The Balaban J connectivity index is 1.64. The second kappa shape index (κ2) is 10.8. The van der Waals surface area contributed by atoms with Gasteiger partial charge in [0.15, 0.2) is 0 Å². The van der Waals surface area contributed by atoms with E-state index in [0.29, 0.717) is 6.54 Å². The molecule has 0 radical (unpaired) electrons. The molecular weight excluding hydrogens is 462 g/mol. The zero-order valence-corrected chi connectivity index (χ0v) is 20.4. The predicted octanol–water partition coefficient (Wildman–Crippen LogP) is 2.05. The zero-order chi connectivity index (χ0) is 25.8. The first kappa shape index (κ1) is 25.2. The number of hydrogen-bond acceptors (Lipinski definition) is 5. The molecule has 2 fully saturated rings. The van der Waals surface area contributed by atoms with Crippen LogP contribution in [-0.2, 0) is 20.9 Å². The van der Waals surface area contributed by atoms with Crippen LogP contribution in [0, 0.1) is 0 Å². The van der Waals surface area contributed by atoms with Crippen molar-refractivity contribution in [3.8, 4) is 0 Å². The molecule has 4 amide bonds. The number of amides is 4. The summed E-state index contributed by atoms with van der Waals surface area (Å²) in [4.78, 5) is 54.6. The maximum Gasteiger partial charge on any atom is 0.334 e. The van der Waals surface area contributed by atoms with Gasteiger partial charge in [-0.2, -0.15) is 0 Å². The van der Waals surface area contributed by atoms with Crippen LogP contribution in [0.4, 0.5) is 4.79 Å². The molecule has 36 heavy (non-hydrogen) atoms. The number of piperazine rings is 1. The van der Waals surface area contributed by atoms with Crippen molar-refractivity contribution in [3.63, 3.8) is 0 Å². The predicted molar refractivity (Wildman–Crippen MR) is 131 cm³/mol. The van der Waals surface area contributed by atoms with Gasteiger partial charge in [0, 0.05) is 20.0 Å². The SMILES string of the molecule is C[C@H](c1ccccc1)N1C[C@H]2N(C(=O)CN(C)N2C(=O)NCc2ccccc2)[C@@H](CCC(=O)O)C1=O. The van der Waals surface area contributed by atoms with E-state index in [1.807, 2.05) is 67.6 Å². The molecule has 0 bridgehead atoms. The smallest absolute Gasteiger partial charge is 0.334 e. The first-order chi connectivity index (χ1) is 17.3. The summed E-state index contributed by atoms with van der Waals surface area (Å²) >= 11 is 0. The Morgan fingerprint density at radius 3 is 2.33 bits per heavy atom. The van der Waals surface area contributed by atoms with E-state index in [9.17, 15) is 24.3 Å². The molecule has 10 heteroatoms. The van der Waals surface area contributed by atoms with Crippen LogP contribution in [0.15, 0.2) is 60.7 Å². The fourth-order valence-electron chi connectivity index (χ4n) is 4.92. The van der Waals surface area contributed by atoms with Crippen LogP contribution in [0.2, 0.25) is 0 Å². The number of carboxylic acid groups (broad SMARTS) is 1. The number of rotatable bonds is 7. The van der Waals surface area contributed by atoms with E-state index < -0.39 is 24.2 Å². The molecule has 2 aromatic rings. The standard InChI is InChI=1S/C26H31N5O5/c1-18(20-11-7-4-8-12-20)29-16-22-30(21(25(29)35)13-14-24(33)34)23(32)17-28(2)31(22)26(36)27-15-19-9-5-3-6-10-19/h3-12,18,21-22H,13-17H2,1-2H3,(H,27,36)(H,33,34)/t18-,21+,22+/m1/s1. The summed E-state index contributed by atoms with van der Waals surface area (Å²) < 4.78 is 0. The Labute approximate surface area is 210 Å². The van der Waals surface area contributed by atoms with Gasteiger partial charge >= 0.3 is 12.0 Å². The van der Waals surface area contributed by atoms with Gasteiger partial charge < -0.3 is 20.2 Å². The molecule has 0 aliphatic carbocycles. The minimum atomic E-state index is -1.05. The number of urea groups is 1. The van der Waals surface area contributed by atoms with Crippen LogP contribution in [-0.4, -0.2) is 81.1 Å². The summed E-state index contributed by atoms with van der Waals surface area (Å²) in [6.07, 6.45) is -1.07. The maximum atomic E-state index is 13.6. The van der Waals surface area contributed by atoms with Crippen molar-refractivity contribution in [2.75, 3.05) is 20.1 Å². The largest absolute Gasteiger partial charge is 0.481 e. The number of carboxylic acids is 1. The van der Waals surface area contributed by atoms with Gasteiger partial charge in [0.2, 0.25) is 11.8 Å². The molecule has 0 aromatic heterocycles. The first-order valence-corrected chi connectivity index (χ1v) is 12.0. The number of benzene rings is 2. The quantitative estimate of drug-likeness (QED) is 0.610. The topological polar surface area (TPSA) is 114 Å². The van der Waals surface area contributed by atoms with Crippen LogP contribution < -0.4 is 5.32 Å². The normalized spacial score (nSPS) is 21.2. The van der Waals surface area contributed by atoms with E-state index in [1.54, 1.807) is 17.0 Å². The Morgan fingerprint density at radius 1 is 1.06 bits per heavy atom. The number of nitrogens with one attached hydrogen (secondary N) is 1. The molecule has 0 saturated carbocycles. The van der Waals surface area contributed by atoms with Crippen molar-refractivity contribution in [3.05, 3.63) is 71.8 Å². The van der Waals surface area contributed by atoms with E-state index in [0.717, 1.165) is 11.1 Å². The monoisotopic (exact) mass is 493 g/mol. The minimum Gasteiger partial charge on any atom is -0.481 e. The maximum absolute atomic E-state index is 13.6.